The molecule has 1 unspecified atom stereocenters. The molecule has 3 heterocycles. The van der Waals surface area contributed by atoms with Crippen LogP contribution in [0.4, 0.5) is 5.69 Å². The molecule has 158 valence electrons. The first-order valence-electron chi connectivity index (χ1n) is 10.4. The van der Waals surface area contributed by atoms with E-state index < -0.39 is 0 Å². The summed E-state index contributed by atoms with van der Waals surface area (Å²) in [5.74, 6) is 0.580. The number of aromatic nitrogens is 2. The van der Waals surface area contributed by atoms with Crippen LogP contribution in [0, 0.1) is 6.92 Å². The van der Waals surface area contributed by atoms with E-state index in [4.69, 9.17) is 9.47 Å². The largest absolute Gasteiger partial charge is 0.491 e. The zero-order chi connectivity index (χ0) is 21.2. The third-order valence-electron chi connectivity index (χ3n) is 5.32. The average Bonchev–Trinajstić information content (AvgIpc) is 3.52. The fraction of sp³-hybridized carbons (Fsp3) is 0.250. The lowest BCUT2D eigenvalue weighted by molar-refractivity contribution is 0.0680. The zero-order valence-corrected chi connectivity index (χ0v) is 18.0. The van der Waals surface area contributed by atoms with E-state index in [1.807, 2.05) is 72.3 Å². The quantitative estimate of drug-likeness (QED) is 0.454. The van der Waals surface area contributed by atoms with E-state index in [0.29, 0.717) is 17.2 Å². The van der Waals surface area contributed by atoms with E-state index in [1.165, 1.54) is 11.3 Å². The molecule has 1 aliphatic rings. The SMILES string of the molecule is Cc1nn(-c2ccccc2)c2sc(C(=O)Nc3cccc(OCC4CCCO4)c3)cc12. The van der Waals surface area contributed by atoms with Gasteiger partial charge in [0, 0.05) is 23.7 Å². The molecule has 2 aromatic carbocycles. The summed E-state index contributed by atoms with van der Waals surface area (Å²) in [7, 11) is 0. The van der Waals surface area contributed by atoms with E-state index in [2.05, 4.69) is 10.4 Å². The van der Waals surface area contributed by atoms with Crippen molar-refractivity contribution >= 4 is 33.1 Å². The molecule has 1 aliphatic heterocycles. The normalized spacial score (nSPS) is 16.0. The first-order valence-corrected chi connectivity index (χ1v) is 11.2. The van der Waals surface area contributed by atoms with E-state index in [-0.39, 0.29) is 12.0 Å². The molecule has 5 rings (SSSR count). The van der Waals surface area contributed by atoms with Crippen molar-refractivity contribution in [3.05, 3.63) is 71.2 Å². The molecule has 1 saturated heterocycles. The van der Waals surface area contributed by atoms with Gasteiger partial charge in [-0.2, -0.15) is 5.10 Å². The summed E-state index contributed by atoms with van der Waals surface area (Å²) in [5.41, 5.74) is 2.58. The third kappa shape index (κ3) is 4.19. The molecule has 0 saturated carbocycles. The Balaban J connectivity index is 1.33. The highest BCUT2D eigenvalue weighted by Crippen LogP contribution is 2.31. The van der Waals surface area contributed by atoms with Crippen LogP contribution in [0.5, 0.6) is 5.75 Å². The molecule has 1 amide bonds. The predicted octanol–water partition coefficient (Wildman–Crippen LogP) is 5.21. The maximum absolute atomic E-state index is 12.9. The van der Waals surface area contributed by atoms with Crippen LogP contribution in [-0.4, -0.2) is 35.0 Å². The van der Waals surface area contributed by atoms with Crippen LogP contribution in [0.25, 0.3) is 15.9 Å². The molecule has 2 aromatic heterocycles. The fourth-order valence-electron chi connectivity index (χ4n) is 3.72. The van der Waals surface area contributed by atoms with E-state index in [1.54, 1.807) is 0 Å². The van der Waals surface area contributed by atoms with E-state index in [0.717, 1.165) is 46.8 Å². The Morgan fingerprint density at radius 2 is 2.10 bits per heavy atom. The second kappa shape index (κ2) is 8.53. The Morgan fingerprint density at radius 3 is 2.90 bits per heavy atom. The Bertz CT molecular complexity index is 1210. The van der Waals surface area contributed by atoms with E-state index in [9.17, 15) is 4.79 Å². The maximum Gasteiger partial charge on any atom is 0.265 e. The summed E-state index contributed by atoms with van der Waals surface area (Å²) in [6.07, 6.45) is 2.27. The minimum absolute atomic E-state index is 0.142. The number of carbonyl (C=O) groups is 1. The monoisotopic (exact) mass is 433 g/mol. The lowest BCUT2D eigenvalue weighted by atomic mass is 10.2. The molecule has 0 bridgehead atoms. The van der Waals surface area contributed by atoms with Crippen LogP contribution >= 0.6 is 11.3 Å². The Morgan fingerprint density at radius 1 is 1.23 bits per heavy atom. The summed E-state index contributed by atoms with van der Waals surface area (Å²) < 4.78 is 13.3. The van der Waals surface area contributed by atoms with Crippen molar-refractivity contribution in [1.82, 2.24) is 9.78 Å². The van der Waals surface area contributed by atoms with Crippen LogP contribution in [0.15, 0.2) is 60.7 Å². The number of nitrogens with zero attached hydrogens (tertiary/aromatic N) is 2. The molecular weight excluding hydrogens is 410 g/mol. The van der Waals surface area contributed by atoms with Gasteiger partial charge in [0.2, 0.25) is 0 Å². The molecular formula is C24H23N3O3S. The van der Waals surface area contributed by atoms with Crippen molar-refractivity contribution in [2.45, 2.75) is 25.9 Å². The molecule has 1 fully saturated rings. The van der Waals surface area contributed by atoms with Crippen LogP contribution in [0.3, 0.4) is 0 Å². The highest BCUT2D eigenvalue weighted by atomic mass is 32.1. The summed E-state index contributed by atoms with van der Waals surface area (Å²) >= 11 is 1.44. The summed E-state index contributed by atoms with van der Waals surface area (Å²) in [6, 6.07) is 19.3. The van der Waals surface area contributed by atoms with Gasteiger partial charge in [-0.1, -0.05) is 24.3 Å². The van der Waals surface area contributed by atoms with Crippen molar-refractivity contribution in [3.8, 4) is 11.4 Å². The molecule has 1 atom stereocenters. The fourth-order valence-corrected chi connectivity index (χ4v) is 4.80. The Labute approximate surface area is 184 Å². The Kier molecular flexibility index (Phi) is 5.44. The molecule has 7 heteroatoms. The van der Waals surface area contributed by atoms with Gasteiger partial charge in [0.1, 0.15) is 17.2 Å². The van der Waals surface area contributed by atoms with Crippen molar-refractivity contribution in [1.29, 1.82) is 0 Å². The number of benzene rings is 2. The molecule has 1 N–H and O–H groups in total. The van der Waals surface area contributed by atoms with Crippen LogP contribution in [-0.2, 0) is 4.74 Å². The molecule has 6 nitrogen and oxygen atoms in total. The zero-order valence-electron chi connectivity index (χ0n) is 17.2. The summed E-state index contributed by atoms with van der Waals surface area (Å²) in [6.45, 7) is 3.30. The van der Waals surface area contributed by atoms with Gasteiger partial charge < -0.3 is 14.8 Å². The van der Waals surface area contributed by atoms with Gasteiger partial charge in [-0.15, -0.1) is 11.3 Å². The molecule has 0 spiro atoms. The predicted molar refractivity (Wildman–Crippen MR) is 123 cm³/mol. The van der Waals surface area contributed by atoms with Crippen molar-refractivity contribution in [2.24, 2.45) is 0 Å². The van der Waals surface area contributed by atoms with Crippen molar-refractivity contribution < 1.29 is 14.3 Å². The number of hydrogen-bond acceptors (Lipinski definition) is 5. The highest BCUT2D eigenvalue weighted by molar-refractivity contribution is 7.20. The second-order valence-electron chi connectivity index (χ2n) is 7.59. The molecule has 0 radical (unpaired) electrons. The van der Waals surface area contributed by atoms with Crippen LogP contribution in [0.2, 0.25) is 0 Å². The lowest BCUT2D eigenvalue weighted by Gasteiger charge is -2.12. The number of carbonyl (C=O) groups excluding carboxylic acids is 1. The molecule has 31 heavy (non-hydrogen) atoms. The van der Waals surface area contributed by atoms with Crippen molar-refractivity contribution in [3.63, 3.8) is 0 Å². The van der Waals surface area contributed by atoms with Crippen molar-refractivity contribution in [2.75, 3.05) is 18.5 Å². The minimum atomic E-state index is -0.142. The number of hydrogen-bond donors (Lipinski definition) is 1. The molecule has 0 aliphatic carbocycles. The van der Waals surface area contributed by atoms with Gasteiger partial charge in [-0.3, -0.25) is 4.79 Å². The lowest BCUT2D eigenvalue weighted by Crippen LogP contribution is -2.16. The number of anilines is 1. The van der Waals surface area contributed by atoms with Gasteiger partial charge in [0.25, 0.3) is 5.91 Å². The minimum Gasteiger partial charge on any atom is -0.491 e. The second-order valence-corrected chi connectivity index (χ2v) is 8.62. The number of nitrogens with one attached hydrogen (secondary N) is 1. The molecule has 4 aromatic rings. The number of thiophene rings is 1. The number of amides is 1. The number of aryl methyl sites for hydroxylation is 1. The van der Waals surface area contributed by atoms with Gasteiger partial charge in [0.15, 0.2) is 0 Å². The Hall–Kier alpha value is -3.16. The number of rotatable bonds is 6. The van der Waals surface area contributed by atoms with E-state index >= 15 is 0 Å². The average molecular weight is 434 g/mol. The third-order valence-corrected chi connectivity index (χ3v) is 6.43. The number of fused-ring (bicyclic) bond motifs is 1. The standard InChI is InChI=1S/C24H23N3O3S/c1-16-21-14-22(31-24(21)27(26-16)18-8-3-2-4-9-18)23(28)25-17-7-5-10-19(13-17)30-15-20-11-6-12-29-20/h2-5,7-10,13-14,20H,6,11-12,15H2,1H3,(H,25,28). The van der Waals surface area contributed by atoms with Gasteiger partial charge in [0.05, 0.1) is 22.4 Å². The number of ether oxygens (including phenoxy) is 2. The highest BCUT2D eigenvalue weighted by Gasteiger charge is 2.18. The number of para-hydroxylation sites is 1. The van der Waals surface area contributed by atoms with Gasteiger partial charge in [-0.25, -0.2) is 4.68 Å². The van der Waals surface area contributed by atoms with Gasteiger partial charge >= 0.3 is 0 Å². The maximum atomic E-state index is 12.9. The van der Waals surface area contributed by atoms with Gasteiger partial charge in [-0.05, 0) is 50.1 Å². The van der Waals surface area contributed by atoms with Crippen LogP contribution < -0.4 is 10.1 Å². The first-order chi connectivity index (χ1) is 15.2. The summed E-state index contributed by atoms with van der Waals surface area (Å²) in [5, 5.41) is 8.62. The topological polar surface area (TPSA) is 65.4 Å². The smallest absolute Gasteiger partial charge is 0.265 e. The summed E-state index contributed by atoms with van der Waals surface area (Å²) in [4.78, 5) is 14.5. The first kappa shape index (κ1) is 19.8. The van der Waals surface area contributed by atoms with Crippen LogP contribution in [0.1, 0.15) is 28.2 Å².